The van der Waals surface area contributed by atoms with Crippen LogP contribution in [0.2, 0.25) is 0 Å². The van der Waals surface area contributed by atoms with E-state index in [4.69, 9.17) is 4.74 Å². The monoisotopic (exact) mass is 471 g/mol. The number of sulfonamides is 1. The first-order valence-corrected chi connectivity index (χ1v) is 12.7. The summed E-state index contributed by atoms with van der Waals surface area (Å²) >= 11 is 0. The summed E-state index contributed by atoms with van der Waals surface area (Å²) < 4.78 is 48.0. The maximum absolute atomic E-state index is 14.2. The molecule has 180 valence electrons. The van der Waals surface area contributed by atoms with Gasteiger partial charge in [0.25, 0.3) is 0 Å². The number of aliphatic hydroxyl groups excluding tert-OH is 1. The van der Waals surface area contributed by atoms with E-state index in [2.05, 4.69) is 10.0 Å². The van der Waals surface area contributed by atoms with Gasteiger partial charge >= 0.3 is 0 Å². The number of hydrogen-bond donors (Lipinski definition) is 3. The lowest BCUT2D eigenvalue weighted by Gasteiger charge is -2.22. The first kappa shape index (κ1) is 24.9. The van der Waals surface area contributed by atoms with Crippen LogP contribution in [0.25, 0.3) is 0 Å². The number of nitrogens with zero attached hydrogens (tertiary/aromatic N) is 1. The van der Waals surface area contributed by atoms with E-state index in [9.17, 15) is 22.7 Å². The van der Waals surface area contributed by atoms with Crippen molar-refractivity contribution in [3.63, 3.8) is 0 Å². The number of ether oxygens (including phenoxy) is 1. The van der Waals surface area contributed by atoms with Crippen LogP contribution in [0, 0.1) is 11.2 Å². The molecule has 1 aliphatic heterocycles. The molecule has 1 unspecified atom stereocenters. The van der Waals surface area contributed by atoms with Gasteiger partial charge in [0, 0.05) is 6.54 Å². The second kappa shape index (κ2) is 9.62. The molecule has 0 aromatic heterocycles. The van der Waals surface area contributed by atoms with Crippen molar-refractivity contribution in [1.82, 2.24) is 14.9 Å². The third-order valence-corrected chi connectivity index (χ3v) is 7.11. The summed E-state index contributed by atoms with van der Waals surface area (Å²) in [6, 6.07) is 4.55. The van der Waals surface area contributed by atoms with Gasteiger partial charge < -0.3 is 15.2 Å². The number of amides is 1. The van der Waals surface area contributed by atoms with Crippen LogP contribution in [0.1, 0.15) is 58.4 Å². The summed E-state index contributed by atoms with van der Waals surface area (Å²) in [6.45, 7) is 7.01. The predicted octanol–water partition coefficient (Wildman–Crippen LogP) is 2.04. The zero-order valence-electron chi connectivity index (χ0n) is 19.0. The SMILES string of the molecule is CC(C)(C)COc1cc(C2(NS(=O)(=O)CCCCCN3CC(=O)NC3O)CC2)ccc1F. The van der Waals surface area contributed by atoms with E-state index in [0.717, 1.165) is 0 Å². The number of hydrogen-bond acceptors (Lipinski definition) is 6. The van der Waals surface area contributed by atoms with E-state index < -0.39 is 27.7 Å². The summed E-state index contributed by atoms with van der Waals surface area (Å²) in [4.78, 5) is 12.8. The lowest BCUT2D eigenvalue weighted by atomic mass is 9.98. The molecular formula is C22H34FN3O5S. The number of rotatable bonds is 11. The standard InChI is InChI=1S/C22H34FN3O5S/c1-21(2,3)15-31-18-13-16(7-8-17(18)23)22(9-10-22)25-32(29,30)12-6-4-5-11-26-14-19(27)24-20(26)28/h7-8,13,20,25,28H,4-6,9-12,14-15H2,1-3H3,(H,24,27). The van der Waals surface area contributed by atoms with Gasteiger partial charge in [0.05, 0.1) is 24.4 Å². The molecule has 1 aromatic rings. The molecule has 1 heterocycles. The highest BCUT2D eigenvalue weighted by molar-refractivity contribution is 7.89. The van der Waals surface area contributed by atoms with Gasteiger partial charge in [-0.1, -0.05) is 33.3 Å². The predicted molar refractivity (Wildman–Crippen MR) is 119 cm³/mol. The average Bonchev–Trinajstić information content (AvgIpc) is 3.37. The van der Waals surface area contributed by atoms with Crippen LogP contribution >= 0.6 is 0 Å². The van der Waals surface area contributed by atoms with Crippen LogP contribution in [-0.4, -0.2) is 56.1 Å². The fraction of sp³-hybridized carbons (Fsp3) is 0.682. The van der Waals surface area contributed by atoms with Gasteiger partial charge in [-0.15, -0.1) is 0 Å². The Morgan fingerprint density at radius 2 is 2.00 bits per heavy atom. The number of unbranched alkanes of at least 4 members (excludes halogenated alkanes) is 2. The van der Waals surface area contributed by atoms with Crippen LogP contribution in [0.3, 0.4) is 0 Å². The number of nitrogens with one attached hydrogen (secondary N) is 2. The van der Waals surface area contributed by atoms with Crippen molar-refractivity contribution in [2.45, 2.75) is 64.8 Å². The van der Waals surface area contributed by atoms with Crippen LogP contribution < -0.4 is 14.8 Å². The van der Waals surface area contributed by atoms with Gasteiger partial charge in [-0.05, 0) is 48.8 Å². The molecule has 1 saturated heterocycles. The van der Waals surface area contributed by atoms with Crippen molar-refractivity contribution in [3.8, 4) is 5.75 Å². The third kappa shape index (κ3) is 6.87. The highest BCUT2D eigenvalue weighted by atomic mass is 32.2. The second-order valence-corrected chi connectivity index (χ2v) is 11.8. The highest BCUT2D eigenvalue weighted by Crippen LogP contribution is 2.47. The van der Waals surface area contributed by atoms with E-state index in [1.54, 1.807) is 17.0 Å². The molecule has 32 heavy (non-hydrogen) atoms. The van der Waals surface area contributed by atoms with Crippen molar-refractivity contribution in [2.75, 3.05) is 25.4 Å². The summed E-state index contributed by atoms with van der Waals surface area (Å²) in [5, 5.41) is 12.1. The molecular weight excluding hydrogens is 437 g/mol. The Labute approximate surface area is 189 Å². The zero-order chi connectivity index (χ0) is 23.6. The molecule has 1 atom stereocenters. The maximum atomic E-state index is 14.2. The molecule has 0 bridgehead atoms. The molecule has 0 spiro atoms. The van der Waals surface area contributed by atoms with Crippen molar-refractivity contribution < 1.29 is 27.4 Å². The van der Waals surface area contributed by atoms with Crippen molar-refractivity contribution in [2.24, 2.45) is 5.41 Å². The van der Waals surface area contributed by atoms with E-state index in [1.807, 2.05) is 20.8 Å². The summed E-state index contributed by atoms with van der Waals surface area (Å²) in [6.07, 6.45) is 2.16. The molecule has 8 nitrogen and oxygen atoms in total. The number of aliphatic hydroxyl groups is 1. The number of carbonyl (C=O) groups is 1. The van der Waals surface area contributed by atoms with Crippen molar-refractivity contribution in [3.05, 3.63) is 29.6 Å². The van der Waals surface area contributed by atoms with Gasteiger partial charge in [-0.2, -0.15) is 0 Å². The molecule has 2 fully saturated rings. The molecule has 2 aliphatic rings. The van der Waals surface area contributed by atoms with Gasteiger partial charge in [0.2, 0.25) is 15.9 Å². The average molecular weight is 472 g/mol. The van der Waals surface area contributed by atoms with Gasteiger partial charge in [-0.3, -0.25) is 9.69 Å². The molecule has 1 aromatic carbocycles. The Hall–Kier alpha value is -1.75. The molecule has 0 radical (unpaired) electrons. The zero-order valence-corrected chi connectivity index (χ0v) is 19.8. The Bertz CT molecular complexity index is 928. The van der Waals surface area contributed by atoms with Crippen LogP contribution in [0.4, 0.5) is 4.39 Å². The van der Waals surface area contributed by atoms with Crippen LogP contribution in [0.5, 0.6) is 5.75 Å². The first-order chi connectivity index (χ1) is 14.9. The number of carbonyl (C=O) groups excluding carboxylic acids is 1. The molecule has 10 heteroatoms. The van der Waals surface area contributed by atoms with Gasteiger partial charge in [0.15, 0.2) is 17.9 Å². The summed E-state index contributed by atoms with van der Waals surface area (Å²) in [7, 11) is -3.52. The number of halogens is 1. The smallest absolute Gasteiger partial charge is 0.237 e. The lowest BCUT2D eigenvalue weighted by molar-refractivity contribution is -0.119. The summed E-state index contributed by atoms with van der Waals surface area (Å²) in [5.41, 5.74) is -0.107. The maximum Gasteiger partial charge on any atom is 0.237 e. The molecule has 3 rings (SSSR count). The quantitative estimate of drug-likeness (QED) is 0.426. The Morgan fingerprint density at radius 3 is 2.59 bits per heavy atom. The minimum absolute atomic E-state index is 0.0109. The fourth-order valence-corrected chi connectivity index (χ4v) is 5.27. The van der Waals surface area contributed by atoms with E-state index in [0.29, 0.717) is 50.8 Å². The molecule has 1 saturated carbocycles. The van der Waals surface area contributed by atoms with Gasteiger partial charge in [0.1, 0.15) is 0 Å². The van der Waals surface area contributed by atoms with Crippen LogP contribution in [-0.2, 0) is 20.4 Å². The van der Waals surface area contributed by atoms with Gasteiger partial charge in [-0.25, -0.2) is 17.5 Å². The fourth-order valence-electron chi connectivity index (χ4n) is 3.67. The molecule has 3 N–H and O–H groups in total. The lowest BCUT2D eigenvalue weighted by Crippen LogP contribution is -2.37. The van der Waals surface area contributed by atoms with E-state index in [-0.39, 0.29) is 29.4 Å². The third-order valence-electron chi connectivity index (χ3n) is 5.59. The molecule has 1 aliphatic carbocycles. The topological polar surface area (TPSA) is 108 Å². The Balaban J connectivity index is 1.50. The molecule has 1 amide bonds. The van der Waals surface area contributed by atoms with Crippen molar-refractivity contribution in [1.29, 1.82) is 0 Å². The van der Waals surface area contributed by atoms with E-state index in [1.165, 1.54) is 6.07 Å². The minimum atomic E-state index is -3.52. The Morgan fingerprint density at radius 1 is 1.28 bits per heavy atom. The normalized spacial score (nSPS) is 20.9. The van der Waals surface area contributed by atoms with E-state index >= 15 is 0 Å². The van der Waals surface area contributed by atoms with Crippen molar-refractivity contribution >= 4 is 15.9 Å². The highest BCUT2D eigenvalue weighted by Gasteiger charge is 2.47. The second-order valence-electron chi connectivity index (χ2n) is 9.97. The Kier molecular flexibility index (Phi) is 7.48. The summed E-state index contributed by atoms with van der Waals surface area (Å²) in [5.74, 6) is -0.549. The van der Waals surface area contributed by atoms with Crippen LogP contribution in [0.15, 0.2) is 18.2 Å². The largest absolute Gasteiger partial charge is 0.490 e. The minimum Gasteiger partial charge on any atom is -0.490 e. The number of benzene rings is 1. The first-order valence-electron chi connectivity index (χ1n) is 11.1.